The van der Waals surface area contributed by atoms with Crippen molar-refractivity contribution in [3.8, 4) is 0 Å². The maximum Gasteiger partial charge on any atom is 0.133 e. The van der Waals surface area contributed by atoms with Gasteiger partial charge in [0, 0.05) is 5.56 Å². The Bertz CT molecular complexity index is 483. The maximum atomic E-state index is 14.1. The molecule has 1 aliphatic carbocycles. The highest BCUT2D eigenvalue weighted by molar-refractivity contribution is 5.30. The van der Waals surface area contributed by atoms with Gasteiger partial charge in [-0.25, -0.2) is 8.78 Å². The Morgan fingerprint density at radius 1 is 1.32 bits per heavy atom. The van der Waals surface area contributed by atoms with Crippen LogP contribution in [0.25, 0.3) is 0 Å². The first-order chi connectivity index (χ1) is 9.13. The van der Waals surface area contributed by atoms with E-state index in [0.29, 0.717) is 12.0 Å². The highest BCUT2D eigenvalue weighted by atomic mass is 19.1. The minimum atomic E-state index is -0.539. The molecule has 0 bridgehead atoms. The van der Waals surface area contributed by atoms with Crippen molar-refractivity contribution in [1.29, 1.82) is 0 Å². The van der Waals surface area contributed by atoms with E-state index in [2.05, 4.69) is 11.5 Å². The van der Waals surface area contributed by atoms with Crippen molar-refractivity contribution >= 4 is 0 Å². The molecule has 3 N–H and O–H groups in total. The standard InChI is InChI=1S/C15H20F2N2/c1-10-7-8-12(16)14(15(10)17)13(19-18)9-11-5-3-2-4-6-11/h5,7-8,13,19H,2-4,6,9,18H2,1H3. The van der Waals surface area contributed by atoms with Crippen LogP contribution in [0.3, 0.4) is 0 Å². The van der Waals surface area contributed by atoms with Crippen LogP contribution in [-0.4, -0.2) is 0 Å². The van der Waals surface area contributed by atoms with Gasteiger partial charge >= 0.3 is 0 Å². The van der Waals surface area contributed by atoms with E-state index in [1.807, 2.05) is 0 Å². The molecule has 0 saturated carbocycles. The van der Waals surface area contributed by atoms with Gasteiger partial charge in [-0.1, -0.05) is 17.7 Å². The molecule has 1 aromatic rings. The fraction of sp³-hybridized carbons (Fsp3) is 0.467. The third-order valence-electron chi connectivity index (χ3n) is 3.72. The van der Waals surface area contributed by atoms with Crippen LogP contribution in [0.5, 0.6) is 0 Å². The zero-order chi connectivity index (χ0) is 13.8. The van der Waals surface area contributed by atoms with Crippen LogP contribution in [0.4, 0.5) is 8.78 Å². The molecule has 1 atom stereocenters. The normalized spacial score (nSPS) is 17.2. The minimum Gasteiger partial charge on any atom is -0.271 e. The quantitative estimate of drug-likeness (QED) is 0.496. The lowest BCUT2D eigenvalue weighted by Crippen LogP contribution is -2.30. The van der Waals surface area contributed by atoms with E-state index in [4.69, 9.17) is 5.84 Å². The molecule has 2 nitrogen and oxygen atoms in total. The van der Waals surface area contributed by atoms with E-state index in [9.17, 15) is 8.78 Å². The summed E-state index contributed by atoms with van der Waals surface area (Å²) in [5, 5.41) is 0. The first kappa shape index (κ1) is 14.2. The van der Waals surface area contributed by atoms with Gasteiger partial charge < -0.3 is 0 Å². The van der Waals surface area contributed by atoms with Gasteiger partial charge in [-0.05, 0) is 50.7 Å². The Labute approximate surface area is 112 Å². The monoisotopic (exact) mass is 266 g/mol. The molecule has 104 valence electrons. The predicted octanol–water partition coefficient (Wildman–Crippen LogP) is 3.67. The predicted molar refractivity (Wildman–Crippen MR) is 72.3 cm³/mol. The number of aryl methyl sites for hydroxylation is 1. The number of hydrogen-bond acceptors (Lipinski definition) is 2. The number of benzene rings is 1. The summed E-state index contributed by atoms with van der Waals surface area (Å²) in [5.41, 5.74) is 4.27. The number of hydrazine groups is 1. The molecule has 0 aliphatic heterocycles. The lowest BCUT2D eigenvalue weighted by molar-refractivity contribution is 0.462. The van der Waals surface area contributed by atoms with E-state index in [1.165, 1.54) is 24.1 Å². The van der Waals surface area contributed by atoms with Gasteiger partial charge in [-0.2, -0.15) is 0 Å². The topological polar surface area (TPSA) is 38.0 Å². The molecule has 0 saturated heterocycles. The zero-order valence-electron chi connectivity index (χ0n) is 11.2. The summed E-state index contributed by atoms with van der Waals surface area (Å²) in [6, 6.07) is 2.24. The molecule has 1 aromatic carbocycles. The average molecular weight is 266 g/mol. The van der Waals surface area contributed by atoms with Crippen LogP contribution in [-0.2, 0) is 0 Å². The van der Waals surface area contributed by atoms with Gasteiger partial charge in [-0.3, -0.25) is 11.3 Å². The van der Waals surface area contributed by atoms with Crippen LogP contribution < -0.4 is 11.3 Å². The number of halogens is 2. The molecular formula is C15H20F2N2. The van der Waals surface area contributed by atoms with Crippen molar-refractivity contribution in [2.24, 2.45) is 5.84 Å². The summed E-state index contributed by atoms with van der Waals surface area (Å²) in [6.45, 7) is 1.63. The van der Waals surface area contributed by atoms with E-state index >= 15 is 0 Å². The third kappa shape index (κ3) is 3.19. The summed E-state index contributed by atoms with van der Waals surface area (Å²) in [6.07, 6.45) is 7.10. The van der Waals surface area contributed by atoms with Gasteiger partial charge in [0.05, 0.1) is 6.04 Å². The Morgan fingerprint density at radius 2 is 2.11 bits per heavy atom. The summed E-state index contributed by atoms with van der Waals surface area (Å²) in [4.78, 5) is 0. The van der Waals surface area contributed by atoms with E-state index in [-0.39, 0.29) is 5.56 Å². The second-order valence-corrected chi connectivity index (χ2v) is 5.12. The Kier molecular flexibility index (Phi) is 4.66. The molecule has 0 aromatic heterocycles. The summed E-state index contributed by atoms with van der Waals surface area (Å²) in [5.74, 6) is 4.46. The average Bonchev–Trinajstić information content (AvgIpc) is 2.43. The van der Waals surface area contributed by atoms with Gasteiger partial charge in [0.1, 0.15) is 11.6 Å². The molecule has 1 unspecified atom stereocenters. The first-order valence-electron chi connectivity index (χ1n) is 6.72. The molecule has 0 fully saturated rings. The van der Waals surface area contributed by atoms with Crippen LogP contribution in [0.15, 0.2) is 23.8 Å². The van der Waals surface area contributed by atoms with E-state index in [0.717, 1.165) is 19.3 Å². The Hall–Kier alpha value is -1.26. The van der Waals surface area contributed by atoms with Gasteiger partial charge in [-0.15, -0.1) is 0 Å². The first-order valence-corrected chi connectivity index (χ1v) is 6.72. The van der Waals surface area contributed by atoms with Gasteiger partial charge in [0.2, 0.25) is 0 Å². The van der Waals surface area contributed by atoms with E-state index in [1.54, 1.807) is 6.92 Å². The lowest BCUT2D eigenvalue weighted by Gasteiger charge is -2.22. The number of nitrogens with one attached hydrogen (secondary N) is 1. The smallest absolute Gasteiger partial charge is 0.133 e. The molecule has 1 aliphatic rings. The van der Waals surface area contributed by atoms with Crippen molar-refractivity contribution < 1.29 is 8.78 Å². The Balaban J connectivity index is 2.26. The van der Waals surface area contributed by atoms with Crippen LogP contribution in [0, 0.1) is 18.6 Å². The van der Waals surface area contributed by atoms with Crippen LogP contribution >= 0.6 is 0 Å². The molecule has 0 amide bonds. The number of allylic oxidation sites excluding steroid dienone is 1. The molecule has 2 rings (SSSR count). The summed E-state index contributed by atoms with van der Waals surface area (Å²) in [7, 11) is 0. The van der Waals surface area contributed by atoms with Crippen LogP contribution in [0.2, 0.25) is 0 Å². The fourth-order valence-electron chi connectivity index (χ4n) is 2.59. The van der Waals surface area contributed by atoms with Crippen LogP contribution in [0.1, 0.15) is 49.3 Å². The largest absolute Gasteiger partial charge is 0.271 e. The molecule has 0 radical (unpaired) electrons. The van der Waals surface area contributed by atoms with Crippen molar-refractivity contribution in [2.75, 3.05) is 0 Å². The number of nitrogens with two attached hydrogens (primary N) is 1. The molecular weight excluding hydrogens is 246 g/mol. The number of hydrogen-bond donors (Lipinski definition) is 2. The molecule has 19 heavy (non-hydrogen) atoms. The minimum absolute atomic E-state index is 0.0500. The van der Waals surface area contributed by atoms with Crippen molar-refractivity contribution in [3.05, 3.63) is 46.5 Å². The van der Waals surface area contributed by atoms with Crippen molar-refractivity contribution in [3.63, 3.8) is 0 Å². The molecule has 4 heteroatoms. The third-order valence-corrected chi connectivity index (χ3v) is 3.72. The van der Waals surface area contributed by atoms with Crippen molar-refractivity contribution in [2.45, 2.75) is 45.1 Å². The second-order valence-electron chi connectivity index (χ2n) is 5.12. The summed E-state index contributed by atoms with van der Waals surface area (Å²) >= 11 is 0. The molecule has 0 spiro atoms. The second kappa shape index (κ2) is 6.26. The van der Waals surface area contributed by atoms with E-state index < -0.39 is 17.7 Å². The highest BCUT2D eigenvalue weighted by Gasteiger charge is 2.22. The van der Waals surface area contributed by atoms with Gasteiger partial charge in [0.15, 0.2) is 0 Å². The highest BCUT2D eigenvalue weighted by Crippen LogP contribution is 2.30. The maximum absolute atomic E-state index is 14.1. The lowest BCUT2D eigenvalue weighted by atomic mass is 9.91. The summed E-state index contributed by atoms with van der Waals surface area (Å²) < 4.78 is 28.0. The number of rotatable bonds is 4. The van der Waals surface area contributed by atoms with Gasteiger partial charge in [0.25, 0.3) is 0 Å². The Morgan fingerprint density at radius 3 is 2.74 bits per heavy atom. The van der Waals surface area contributed by atoms with Crippen molar-refractivity contribution in [1.82, 2.24) is 5.43 Å². The molecule has 0 heterocycles. The SMILES string of the molecule is Cc1ccc(F)c(C(CC2=CCCCC2)NN)c1F. The fourth-order valence-corrected chi connectivity index (χ4v) is 2.59. The zero-order valence-corrected chi connectivity index (χ0v) is 11.2.